The topological polar surface area (TPSA) is 94.6 Å². The van der Waals surface area contributed by atoms with Crippen molar-refractivity contribution in [2.24, 2.45) is 11.8 Å². The maximum Gasteiger partial charge on any atom is 0.327 e. The Morgan fingerprint density at radius 3 is 1.55 bits per heavy atom. The van der Waals surface area contributed by atoms with E-state index in [1.54, 1.807) is 14.2 Å². The number of nitrogens with zero attached hydrogens (tertiary/aromatic N) is 2. The maximum atomic E-state index is 13.4. The molecule has 10 heteroatoms. The molecule has 6 saturated heterocycles. The van der Waals surface area contributed by atoms with Gasteiger partial charge in [-0.3, -0.25) is 24.0 Å². The number of ether oxygens (including phenoxy) is 2. The molecule has 0 aromatic rings. The van der Waals surface area contributed by atoms with Crippen LogP contribution in [-0.4, -0.2) is 105 Å². The number of hydrogen-bond donors (Lipinski definition) is 0. The number of piperidine rings is 6. The second-order valence-corrected chi connectivity index (χ2v) is 12.6. The van der Waals surface area contributed by atoms with Crippen LogP contribution in [0.1, 0.15) is 39.5 Å². The van der Waals surface area contributed by atoms with Crippen molar-refractivity contribution >= 4 is 19.2 Å². The number of Topliss-reactive ketones (excluding diaryl/α,β-unsaturated/α-hetero) is 2. The summed E-state index contributed by atoms with van der Waals surface area (Å²) in [5, 5.41) is 0. The van der Waals surface area contributed by atoms with Gasteiger partial charge in [0, 0.05) is 57.9 Å². The van der Waals surface area contributed by atoms with Crippen molar-refractivity contribution < 1.29 is 32.7 Å². The zero-order valence-electron chi connectivity index (χ0n) is 20.6. The minimum absolute atomic E-state index is 0.0180. The molecular weight excluding hydrogens is 447 g/mol. The Hall–Kier alpha value is -0.670. The van der Waals surface area contributed by atoms with Crippen molar-refractivity contribution in [1.29, 1.82) is 0 Å². The summed E-state index contributed by atoms with van der Waals surface area (Å²) in [7, 11) is -0.427. The second-order valence-electron chi connectivity index (χ2n) is 10.5. The third kappa shape index (κ3) is 4.28. The third-order valence-corrected chi connectivity index (χ3v) is 9.55. The molecule has 4 bridgehead atoms. The Morgan fingerprint density at radius 1 is 0.818 bits per heavy atom. The predicted octanol–water partition coefficient (Wildman–Crippen LogP) is 1.98. The van der Waals surface area contributed by atoms with Crippen LogP contribution < -0.4 is 0 Å². The lowest BCUT2D eigenvalue weighted by atomic mass is 9.71. The molecule has 0 N–H and O–H groups in total. The lowest BCUT2D eigenvalue weighted by molar-refractivity contribution is -0.165. The van der Waals surface area contributed by atoms with Gasteiger partial charge in [-0.15, -0.1) is 0 Å². The van der Waals surface area contributed by atoms with E-state index in [9.17, 15) is 14.2 Å². The standard InChI is InChI=1S/C23H39N2O7P/c1-16-10-18-6-8-24(16)22(12-29-3,20(18)26)14-31-33(5,28)32-15-23(13-30-4)21(27)19-7-9-25(23)17(2)11-19/h16-19H,6-15H2,1-5H3/t16-,17-,18?,19?,22+,23+,33?/m1/s1. The van der Waals surface area contributed by atoms with E-state index in [2.05, 4.69) is 23.6 Å². The number of ketones is 2. The number of fused-ring (bicyclic) bond motifs is 6. The van der Waals surface area contributed by atoms with Crippen molar-refractivity contribution in [3.63, 3.8) is 0 Å². The van der Waals surface area contributed by atoms with Gasteiger partial charge >= 0.3 is 7.60 Å². The van der Waals surface area contributed by atoms with E-state index in [0.717, 1.165) is 38.8 Å². The minimum Gasteiger partial charge on any atom is -0.382 e. The van der Waals surface area contributed by atoms with E-state index in [1.165, 1.54) is 6.66 Å². The summed E-state index contributed by atoms with van der Waals surface area (Å²) in [5.74, 6) is 0.166. The van der Waals surface area contributed by atoms with Gasteiger partial charge in [-0.2, -0.15) is 0 Å². The molecule has 6 heterocycles. The van der Waals surface area contributed by atoms with Crippen molar-refractivity contribution in [3.05, 3.63) is 0 Å². The van der Waals surface area contributed by atoms with Gasteiger partial charge in [0.15, 0.2) is 11.6 Å². The Labute approximate surface area is 197 Å². The predicted molar refractivity (Wildman–Crippen MR) is 122 cm³/mol. The lowest BCUT2D eigenvalue weighted by Crippen LogP contribution is -2.72. The zero-order valence-corrected chi connectivity index (χ0v) is 21.5. The molecule has 0 aliphatic carbocycles. The average molecular weight is 487 g/mol. The quantitative estimate of drug-likeness (QED) is 0.430. The molecular formula is C23H39N2O7P. The molecule has 6 aliphatic heterocycles. The highest BCUT2D eigenvalue weighted by Gasteiger charge is 2.58. The summed E-state index contributed by atoms with van der Waals surface area (Å²) in [6.45, 7) is 7.49. The minimum atomic E-state index is -3.56. The Morgan fingerprint density at radius 2 is 1.21 bits per heavy atom. The first-order chi connectivity index (χ1) is 15.6. The van der Waals surface area contributed by atoms with Gasteiger partial charge in [-0.1, -0.05) is 0 Å². The first-order valence-corrected chi connectivity index (χ1v) is 14.1. The number of carbonyl (C=O) groups is 2. The molecule has 4 unspecified atom stereocenters. The van der Waals surface area contributed by atoms with E-state index in [-0.39, 0.29) is 61.9 Å². The van der Waals surface area contributed by atoms with Crippen molar-refractivity contribution in [2.45, 2.75) is 62.7 Å². The van der Waals surface area contributed by atoms with Crippen LogP contribution in [0.4, 0.5) is 0 Å². The normalized spacial score (nSPS) is 44.3. The second kappa shape index (κ2) is 9.41. The fourth-order valence-corrected chi connectivity index (χ4v) is 7.77. The fourth-order valence-electron chi connectivity index (χ4n) is 6.80. The number of hydrogen-bond acceptors (Lipinski definition) is 9. The highest BCUT2D eigenvalue weighted by molar-refractivity contribution is 7.52. The largest absolute Gasteiger partial charge is 0.382 e. The third-order valence-electron chi connectivity index (χ3n) is 8.35. The van der Waals surface area contributed by atoms with E-state index in [4.69, 9.17) is 18.5 Å². The number of carbonyl (C=O) groups excluding carboxylic acids is 2. The molecule has 33 heavy (non-hydrogen) atoms. The molecule has 0 spiro atoms. The van der Waals surface area contributed by atoms with Crippen LogP contribution in [0.15, 0.2) is 0 Å². The molecule has 8 atom stereocenters. The fraction of sp³-hybridized carbons (Fsp3) is 0.913. The van der Waals surface area contributed by atoms with Gasteiger partial charge in [0.25, 0.3) is 0 Å². The van der Waals surface area contributed by atoms with Gasteiger partial charge in [0.05, 0.1) is 26.4 Å². The molecule has 6 rings (SSSR count). The molecule has 188 valence electrons. The summed E-state index contributed by atoms with van der Waals surface area (Å²) in [4.78, 5) is 30.8. The van der Waals surface area contributed by atoms with E-state index >= 15 is 0 Å². The molecule has 6 fully saturated rings. The molecule has 9 nitrogen and oxygen atoms in total. The lowest BCUT2D eigenvalue weighted by Gasteiger charge is -2.56. The van der Waals surface area contributed by atoms with E-state index < -0.39 is 18.7 Å². The Balaban J connectivity index is 1.48. The van der Waals surface area contributed by atoms with Crippen LogP contribution in [-0.2, 0) is 32.7 Å². The first kappa shape index (κ1) is 25.4. The van der Waals surface area contributed by atoms with Crippen molar-refractivity contribution in [3.8, 4) is 0 Å². The number of rotatable bonds is 10. The van der Waals surface area contributed by atoms with Crippen LogP contribution in [0.5, 0.6) is 0 Å². The van der Waals surface area contributed by atoms with Gasteiger partial charge in [0.2, 0.25) is 0 Å². The molecule has 0 saturated carbocycles. The average Bonchev–Trinajstić information content (AvgIpc) is 2.77. The summed E-state index contributed by atoms with van der Waals surface area (Å²) < 4.78 is 36.0. The van der Waals surface area contributed by atoms with Crippen LogP contribution in [0.2, 0.25) is 0 Å². The van der Waals surface area contributed by atoms with Crippen LogP contribution >= 0.6 is 7.60 Å². The van der Waals surface area contributed by atoms with Gasteiger partial charge < -0.3 is 18.5 Å². The molecule has 0 radical (unpaired) electrons. The molecule has 0 aromatic heterocycles. The van der Waals surface area contributed by atoms with Crippen molar-refractivity contribution in [1.82, 2.24) is 9.80 Å². The molecule has 6 aliphatic rings. The van der Waals surface area contributed by atoms with Crippen LogP contribution in [0.3, 0.4) is 0 Å². The summed E-state index contributed by atoms with van der Waals surface area (Å²) in [6.07, 6.45) is 3.35. The smallest absolute Gasteiger partial charge is 0.327 e. The maximum absolute atomic E-state index is 13.4. The SMILES string of the molecule is COC[C@]1(COP(C)(=O)OC[C@@]2(COC)C(=O)C3CCN2[C@H](C)C3)C(=O)C2CCN1[C@H](C)C2. The highest BCUT2D eigenvalue weighted by atomic mass is 31.2. The Bertz CT molecular complexity index is 763. The zero-order chi connectivity index (χ0) is 24.0. The van der Waals surface area contributed by atoms with Crippen LogP contribution in [0, 0.1) is 11.8 Å². The number of methoxy groups -OCH3 is 2. The highest BCUT2D eigenvalue weighted by Crippen LogP contribution is 2.50. The molecule has 0 aromatic carbocycles. The van der Waals surface area contributed by atoms with Gasteiger partial charge in [-0.25, -0.2) is 0 Å². The summed E-state index contributed by atoms with van der Waals surface area (Å²) >= 11 is 0. The van der Waals surface area contributed by atoms with Crippen LogP contribution in [0.25, 0.3) is 0 Å². The molecule has 0 amide bonds. The summed E-state index contributed by atoms with van der Waals surface area (Å²) in [6, 6.07) is 0.457. The Kier molecular flexibility index (Phi) is 7.25. The van der Waals surface area contributed by atoms with Gasteiger partial charge in [0.1, 0.15) is 11.1 Å². The van der Waals surface area contributed by atoms with E-state index in [0.29, 0.717) is 0 Å². The van der Waals surface area contributed by atoms with E-state index in [1.807, 2.05) is 0 Å². The first-order valence-electron chi connectivity index (χ1n) is 12.1. The summed E-state index contributed by atoms with van der Waals surface area (Å²) in [5.41, 5.74) is -1.90. The monoisotopic (exact) mass is 486 g/mol. The van der Waals surface area contributed by atoms with Gasteiger partial charge in [-0.05, 0) is 39.5 Å². The van der Waals surface area contributed by atoms with Crippen molar-refractivity contribution in [2.75, 3.05) is 60.4 Å².